The quantitative estimate of drug-likeness (QED) is 0.132. The summed E-state index contributed by atoms with van der Waals surface area (Å²) in [5, 5.41) is 69.7. The molecule has 0 radical (unpaired) electrons. The summed E-state index contributed by atoms with van der Waals surface area (Å²) in [5.74, 6) is -2.51. The zero-order chi connectivity index (χ0) is 50.6. The van der Waals surface area contributed by atoms with Crippen molar-refractivity contribution in [1.82, 2.24) is 9.21 Å². The molecular weight excluding hydrogens is 893 g/mol. The molecule has 8 N–H and O–H groups in total. The molecular formula is C47H84N4O15S. The highest BCUT2D eigenvalue weighted by Gasteiger charge is 2.59. The fourth-order valence-corrected chi connectivity index (χ4v) is 11.1. The SMILES string of the molecule is CCCN1C[C@H](C)C[C@@](C)(O)[C@H](O[C@@H]2O[C@H](C)C[C@H](N(C)S(N)(=O)=O)[C@H]2O)[C@@H](C)[C@H](O[C@H]2C[C@@](C)(OC)[C@](O)(CNc3ccc(OC)cc3)[C@H](C)O2)[C@@H](C)C(=O)O[C@H](CC)[C@@](C)(O)[C@H](O)[C@H]1C. The highest BCUT2D eigenvalue weighted by molar-refractivity contribution is 7.86. The van der Waals surface area contributed by atoms with Crippen molar-refractivity contribution in [1.29, 1.82) is 0 Å². The van der Waals surface area contributed by atoms with Crippen LogP contribution < -0.4 is 15.2 Å². The van der Waals surface area contributed by atoms with Crippen molar-refractivity contribution >= 4 is 21.9 Å². The first-order valence-corrected chi connectivity index (χ1v) is 25.3. The Morgan fingerprint density at radius 2 is 1.58 bits per heavy atom. The first kappa shape index (κ1) is 57.3. The number of likely N-dealkylation sites (N-methyl/N-ethyl adjacent to an activating group) is 1. The topological polar surface area (TPSA) is 261 Å². The van der Waals surface area contributed by atoms with Gasteiger partial charge in [0.1, 0.15) is 40.9 Å². The van der Waals surface area contributed by atoms with E-state index < -0.39 is 118 Å². The van der Waals surface area contributed by atoms with Crippen LogP contribution in [0.5, 0.6) is 5.75 Å². The molecule has 1 aromatic rings. The van der Waals surface area contributed by atoms with Gasteiger partial charge in [0.05, 0.1) is 49.1 Å². The fourth-order valence-electron chi connectivity index (χ4n) is 10.6. The van der Waals surface area contributed by atoms with Crippen LogP contribution in [0.1, 0.15) is 108 Å². The minimum atomic E-state index is -4.26. The smallest absolute Gasteiger partial charge is 0.311 e. The van der Waals surface area contributed by atoms with E-state index in [2.05, 4.69) is 5.32 Å². The molecule has 18 atom stereocenters. The van der Waals surface area contributed by atoms with Crippen molar-refractivity contribution in [2.75, 3.05) is 46.2 Å². The molecule has 1 aromatic carbocycles. The Kier molecular flexibility index (Phi) is 19.5. The number of hydrogen-bond acceptors (Lipinski definition) is 17. The highest BCUT2D eigenvalue weighted by atomic mass is 32.2. The van der Waals surface area contributed by atoms with Crippen LogP contribution in [-0.4, -0.2) is 180 Å². The molecule has 3 saturated heterocycles. The maximum absolute atomic E-state index is 14.6. The van der Waals surface area contributed by atoms with Gasteiger partial charge in [-0.15, -0.1) is 0 Å². The summed E-state index contributed by atoms with van der Waals surface area (Å²) >= 11 is 0. The van der Waals surface area contributed by atoms with E-state index in [-0.39, 0.29) is 38.1 Å². The Morgan fingerprint density at radius 1 is 0.955 bits per heavy atom. The van der Waals surface area contributed by atoms with Crippen LogP contribution in [0.2, 0.25) is 0 Å². The maximum Gasteiger partial charge on any atom is 0.311 e. The number of carbonyl (C=O) groups is 1. The van der Waals surface area contributed by atoms with Crippen LogP contribution in [0.15, 0.2) is 24.3 Å². The normalized spacial score (nSPS) is 42.4. The number of methoxy groups -OCH3 is 2. The lowest BCUT2D eigenvalue weighted by molar-refractivity contribution is -0.334. The molecule has 0 amide bonds. The van der Waals surface area contributed by atoms with Gasteiger partial charge >= 0.3 is 5.97 Å². The Hall–Kier alpha value is -2.28. The van der Waals surface area contributed by atoms with E-state index in [9.17, 15) is 38.7 Å². The maximum atomic E-state index is 14.6. The van der Waals surface area contributed by atoms with Crippen molar-refractivity contribution in [3.05, 3.63) is 24.3 Å². The van der Waals surface area contributed by atoms with E-state index >= 15 is 0 Å². The molecule has 4 rings (SSSR count). The van der Waals surface area contributed by atoms with Crippen LogP contribution in [0, 0.1) is 17.8 Å². The van der Waals surface area contributed by atoms with Crippen LogP contribution in [0.25, 0.3) is 0 Å². The summed E-state index contributed by atoms with van der Waals surface area (Å²) in [6, 6.07) is 5.56. The van der Waals surface area contributed by atoms with Gasteiger partial charge in [0.2, 0.25) is 0 Å². The number of cyclic esters (lactones) is 1. The third-order valence-electron chi connectivity index (χ3n) is 14.9. The summed E-state index contributed by atoms with van der Waals surface area (Å²) in [6.45, 7) is 19.9. The van der Waals surface area contributed by atoms with Crippen molar-refractivity contribution in [2.24, 2.45) is 22.9 Å². The van der Waals surface area contributed by atoms with Crippen molar-refractivity contribution in [3.8, 4) is 5.75 Å². The number of esters is 1. The molecule has 3 heterocycles. The lowest BCUT2D eigenvalue weighted by Crippen LogP contribution is -2.69. The Morgan fingerprint density at radius 3 is 2.13 bits per heavy atom. The number of nitrogens with one attached hydrogen (secondary N) is 1. The highest BCUT2D eigenvalue weighted by Crippen LogP contribution is 2.44. The number of aliphatic hydroxyl groups excluding tert-OH is 2. The molecule has 67 heavy (non-hydrogen) atoms. The summed E-state index contributed by atoms with van der Waals surface area (Å²) in [4.78, 5) is 16.7. The number of nitrogens with zero attached hydrogens (tertiary/aromatic N) is 2. The lowest BCUT2D eigenvalue weighted by atomic mass is 9.75. The zero-order valence-electron chi connectivity index (χ0n) is 42.2. The zero-order valence-corrected chi connectivity index (χ0v) is 43.1. The standard InChI is InChI=1S/C47H84N4O15S/c1-15-21-51-25-27(3)23-44(9,55)41(66-43-38(52)35(22-28(4)62-43)50(12)67(48,58)59)29(5)39(30(6)42(54)64-36(16-2)46(11,56)40(53)31(51)7)65-37-24-45(10,61-14)47(57,32(8)63-37)26-49-33-17-19-34(60-13)20-18-33/h17-20,27-32,35-41,43,49,52-53,55-57H,15-16,21-26H2,1-14H3,(H2,48,58,59)/t27-,28-,29+,30-,31-,32+,35+,36-,37+,38-,39+,40-,41-,43+,44-,45-,46-,47+/m1/s1. The third-order valence-corrected chi connectivity index (χ3v) is 16.0. The summed E-state index contributed by atoms with van der Waals surface area (Å²) in [6.07, 6.45) is -9.73. The van der Waals surface area contributed by atoms with Gasteiger partial charge in [0, 0.05) is 51.3 Å². The van der Waals surface area contributed by atoms with E-state index in [0.717, 1.165) is 16.4 Å². The lowest BCUT2D eigenvalue weighted by Gasteiger charge is -2.53. The Labute approximate surface area is 399 Å². The monoisotopic (exact) mass is 977 g/mol. The van der Waals surface area contributed by atoms with Gasteiger partial charge in [-0.1, -0.05) is 27.7 Å². The molecule has 0 spiro atoms. The average molecular weight is 977 g/mol. The molecule has 0 aliphatic carbocycles. The molecule has 3 fully saturated rings. The van der Waals surface area contributed by atoms with Crippen LogP contribution in [-0.2, 0) is 43.4 Å². The van der Waals surface area contributed by atoms with E-state index in [0.29, 0.717) is 18.8 Å². The molecule has 20 heteroatoms. The molecule has 3 aliphatic heterocycles. The van der Waals surface area contributed by atoms with Crippen LogP contribution >= 0.6 is 0 Å². The molecule has 0 bridgehead atoms. The number of nitrogens with two attached hydrogens (primary N) is 1. The number of benzene rings is 1. The number of ether oxygens (including phenoxy) is 7. The van der Waals surface area contributed by atoms with Crippen molar-refractivity contribution in [2.45, 2.75) is 198 Å². The van der Waals surface area contributed by atoms with E-state index in [1.807, 2.05) is 30.9 Å². The summed E-state index contributed by atoms with van der Waals surface area (Å²) < 4.78 is 69.8. The predicted octanol–water partition coefficient (Wildman–Crippen LogP) is 2.75. The Bertz CT molecular complexity index is 1850. The van der Waals surface area contributed by atoms with Gasteiger partial charge in [-0.05, 0) is 111 Å². The van der Waals surface area contributed by atoms with Crippen molar-refractivity contribution in [3.63, 3.8) is 0 Å². The van der Waals surface area contributed by atoms with Gasteiger partial charge in [0.25, 0.3) is 10.2 Å². The van der Waals surface area contributed by atoms with Gasteiger partial charge < -0.3 is 64.0 Å². The molecule has 19 nitrogen and oxygen atoms in total. The predicted molar refractivity (Wildman–Crippen MR) is 251 cm³/mol. The van der Waals surface area contributed by atoms with Crippen molar-refractivity contribution < 1.29 is 71.9 Å². The fraction of sp³-hybridized carbons (Fsp3) is 0.851. The van der Waals surface area contributed by atoms with Gasteiger partial charge in [-0.2, -0.15) is 12.7 Å². The first-order chi connectivity index (χ1) is 31.0. The third kappa shape index (κ3) is 13.0. The molecule has 0 saturated carbocycles. The average Bonchev–Trinajstić information content (AvgIpc) is 3.26. The van der Waals surface area contributed by atoms with E-state index in [1.54, 1.807) is 74.6 Å². The van der Waals surface area contributed by atoms with E-state index in [4.69, 9.17) is 38.3 Å². The summed E-state index contributed by atoms with van der Waals surface area (Å²) in [7, 11) is 0.0530. The number of aliphatic hydroxyl groups is 5. The van der Waals surface area contributed by atoms with Gasteiger partial charge in [-0.3, -0.25) is 9.69 Å². The minimum Gasteiger partial charge on any atom is -0.497 e. The van der Waals surface area contributed by atoms with Crippen LogP contribution in [0.4, 0.5) is 5.69 Å². The molecule has 0 aromatic heterocycles. The number of anilines is 1. The van der Waals surface area contributed by atoms with Gasteiger partial charge in [-0.25, -0.2) is 5.14 Å². The van der Waals surface area contributed by atoms with E-state index in [1.165, 1.54) is 21.1 Å². The largest absolute Gasteiger partial charge is 0.497 e. The number of carbonyl (C=O) groups excluding carboxylic acids is 1. The second-order valence-corrected chi connectivity index (χ2v) is 21.8. The molecule has 3 aliphatic rings. The second-order valence-electron chi connectivity index (χ2n) is 20.2. The number of rotatable bonds is 14. The molecule has 0 unspecified atom stereocenters. The second kappa shape index (κ2) is 22.9. The van der Waals surface area contributed by atoms with Crippen LogP contribution in [0.3, 0.4) is 0 Å². The minimum absolute atomic E-state index is 0.0132. The number of hydrogen-bond donors (Lipinski definition) is 7. The molecule has 388 valence electrons. The summed E-state index contributed by atoms with van der Waals surface area (Å²) in [5.41, 5.74) is -5.86. The van der Waals surface area contributed by atoms with Gasteiger partial charge in [0.15, 0.2) is 12.6 Å². The first-order valence-electron chi connectivity index (χ1n) is 23.8. The Balaban J connectivity index is 1.83.